The molecule has 0 aliphatic carbocycles. The van der Waals surface area contributed by atoms with Gasteiger partial charge < -0.3 is 15.4 Å². The van der Waals surface area contributed by atoms with E-state index in [0.717, 1.165) is 11.0 Å². The molecule has 8 nitrogen and oxygen atoms in total. The molecule has 0 saturated carbocycles. The number of benzene rings is 1. The number of carbonyl (C=O) groups excluding carboxylic acids is 2. The van der Waals surface area contributed by atoms with Crippen LogP contribution in [-0.4, -0.2) is 56.4 Å². The van der Waals surface area contributed by atoms with Gasteiger partial charge in [-0.15, -0.1) is 0 Å². The van der Waals surface area contributed by atoms with Crippen molar-refractivity contribution in [1.82, 2.24) is 10.2 Å². The maximum absolute atomic E-state index is 13.3. The molecule has 2 N–H and O–H groups in total. The lowest BCUT2D eigenvalue weighted by Crippen LogP contribution is -2.58. The Bertz CT molecular complexity index is 839. The highest BCUT2D eigenvalue weighted by molar-refractivity contribution is 7.92. The predicted octanol–water partition coefficient (Wildman–Crippen LogP) is 2.00. The highest BCUT2D eigenvalue weighted by atomic mass is 32.2. The Hall–Kier alpha value is -2.39. The lowest BCUT2D eigenvalue weighted by atomic mass is 10.0. The molecular weight excluding hydrogens is 382 g/mol. The van der Waals surface area contributed by atoms with E-state index < -0.39 is 32.8 Å². The zero-order valence-corrected chi connectivity index (χ0v) is 17.4. The zero-order valence-electron chi connectivity index (χ0n) is 16.6. The molecule has 1 aromatic rings. The summed E-state index contributed by atoms with van der Waals surface area (Å²) in [6.45, 7) is 9.53. The lowest BCUT2D eigenvalue weighted by Gasteiger charge is -2.39. The van der Waals surface area contributed by atoms with Crippen LogP contribution in [0, 0.1) is 5.92 Å². The summed E-state index contributed by atoms with van der Waals surface area (Å²) in [4.78, 5) is 25.1. The summed E-state index contributed by atoms with van der Waals surface area (Å²) in [5, 5.41) is 4.55. The average Bonchev–Trinajstić information content (AvgIpc) is 2.56. The Labute approximate surface area is 165 Å². The molecule has 154 valence electrons. The fraction of sp³-hybridized carbons (Fsp3) is 0.474. The van der Waals surface area contributed by atoms with Crippen LogP contribution in [0.5, 0.6) is 0 Å². The summed E-state index contributed by atoms with van der Waals surface area (Å²) in [6, 6.07) is 5.82. The summed E-state index contributed by atoms with van der Waals surface area (Å²) in [5.74, 6) is -0.638. The van der Waals surface area contributed by atoms with Crippen molar-refractivity contribution in [2.24, 2.45) is 5.92 Å². The number of rotatable bonds is 6. The van der Waals surface area contributed by atoms with E-state index in [1.165, 1.54) is 31.3 Å². The molecule has 2 amide bonds. The van der Waals surface area contributed by atoms with Crippen LogP contribution in [0.3, 0.4) is 0 Å². The Balaban J connectivity index is 2.30. The second-order valence-electron chi connectivity index (χ2n) is 7.66. The molecule has 1 unspecified atom stereocenters. The normalized spacial score (nSPS) is 15.9. The minimum atomic E-state index is -3.86. The molecule has 1 heterocycles. The van der Waals surface area contributed by atoms with E-state index in [-0.39, 0.29) is 10.8 Å². The second kappa shape index (κ2) is 8.32. The van der Waals surface area contributed by atoms with Crippen LogP contribution < -0.4 is 10.6 Å². The quantitative estimate of drug-likeness (QED) is 0.697. The number of amides is 2. The summed E-state index contributed by atoms with van der Waals surface area (Å²) in [5.41, 5.74) is -0.283. The first-order valence-corrected chi connectivity index (χ1v) is 10.4. The molecular formula is C19H27N3O5S. The maximum atomic E-state index is 13.3. The molecule has 0 bridgehead atoms. The van der Waals surface area contributed by atoms with Gasteiger partial charge in [0.15, 0.2) is 9.84 Å². The van der Waals surface area contributed by atoms with Crippen molar-refractivity contribution in [3.63, 3.8) is 0 Å². The zero-order chi connectivity index (χ0) is 21.1. The molecule has 9 heteroatoms. The lowest BCUT2D eigenvalue weighted by molar-refractivity contribution is -0.111. The highest BCUT2D eigenvalue weighted by Gasteiger charge is 2.43. The molecule has 1 aliphatic rings. The van der Waals surface area contributed by atoms with Gasteiger partial charge in [-0.05, 0) is 51.1 Å². The van der Waals surface area contributed by atoms with Gasteiger partial charge in [-0.25, -0.2) is 13.2 Å². The van der Waals surface area contributed by atoms with E-state index in [1.54, 1.807) is 20.8 Å². The van der Waals surface area contributed by atoms with Crippen LogP contribution in [0.15, 0.2) is 41.8 Å². The third-order valence-corrected chi connectivity index (χ3v) is 6.50. The number of hydrogen-bond donors (Lipinski definition) is 2. The number of anilines is 1. The number of carbonyl (C=O) groups is 2. The van der Waals surface area contributed by atoms with Crippen molar-refractivity contribution in [3.8, 4) is 0 Å². The summed E-state index contributed by atoms with van der Waals surface area (Å²) < 4.78 is 31.9. The topological polar surface area (TPSA) is 105 Å². The standard InChI is InChI=1S/C19H27N3O5S/c1-6-16(23)21-14-7-9-15(10-8-14)28(25,26)17(13-11-20-12-13)22(5)18(24)27-19(2,3)4/h6-10,13,17,20H,1,11-12H2,2-5H3,(H,21,23). The largest absolute Gasteiger partial charge is 0.444 e. The van der Waals surface area contributed by atoms with Crippen LogP contribution in [0.1, 0.15) is 20.8 Å². The molecule has 0 radical (unpaired) electrons. The van der Waals surface area contributed by atoms with Gasteiger partial charge in [-0.2, -0.15) is 0 Å². The van der Waals surface area contributed by atoms with Gasteiger partial charge in [0.05, 0.1) is 4.90 Å². The van der Waals surface area contributed by atoms with E-state index in [0.29, 0.717) is 18.8 Å². The predicted molar refractivity (Wildman–Crippen MR) is 107 cm³/mol. The van der Waals surface area contributed by atoms with Crippen LogP contribution in [0.2, 0.25) is 0 Å². The minimum absolute atomic E-state index is 0.0661. The first kappa shape index (κ1) is 21.9. The van der Waals surface area contributed by atoms with E-state index in [9.17, 15) is 18.0 Å². The summed E-state index contributed by atoms with van der Waals surface area (Å²) >= 11 is 0. The Morgan fingerprint density at radius 3 is 2.29 bits per heavy atom. The first-order chi connectivity index (χ1) is 13.0. The van der Waals surface area contributed by atoms with Gasteiger partial charge in [0.1, 0.15) is 11.0 Å². The molecule has 1 aliphatic heterocycles. The van der Waals surface area contributed by atoms with Crippen molar-refractivity contribution < 1.29 is 22.7 Å². The van der Waals surface area contributed by atoms with Gasteiger partial charge in [-0.3, -0.25) is 9.69 Å². The van der Waals surface area contributed by atoms with Gasteiger partial charge in [-0.1, -0.05) is 6.58 Å². The Morgan fingerprint density at radius 2 is 1.86 bits per heavy atom. The van der Waals surface area contributed by atoms with Gasteiger partial charge >= 0.3 is 6.09 Å². The van der Waals surface area contributed by atoms with Crippen molar-refractivity contribution in [1.29, 1.82) is 0 Å². The molecule has 1 atom stereocenters. The molecule has 28 heavy (non-hydrogen) atoms. The molecule has 2 rings (SSSR count). The Morgan fingerprint density at radius 1 is 1.29 bits per heavy atom. The smallest absolute Gasteiger partial charge is 0.411 e. The second-order valence-corrected chi connectivity index (χ2v) is 9.71. The third-order valence-electron chi connectivity index (χ3n) is 4.23. The van der Waals surface area contributed by atoms with Crippen molar-refractivity contribution in [2.45, 2.75) is 36.6 Å². The molecule has 0 aromatic heterocycles. The first-order valence-electron chi connectivity index (χ1n) is 8.89. The average molecular weight is 410 g/mol. The number of ether oxygens (including phenoxy) is 1. The number of nitrogens with one attached hydrogen (secondary N) is 2. The SMILES string of the molecule is C=CC(=O)Nc1ccc(S(=O)(=O)C(C2CNC2)N(C)C(=O)OC(C)(C)C)cc1. The maximum Gasteiger partial charge on any atom is 0.411 e. The molecule has 1 saturated heterocycles. The van der Waals surface area contributed by atoms with E-state index in [4.69, 9.17) is 4.74 Å². The van der Waals surface area contributed by atoms with E-state index in [2.05, 4.69) is 17.2 Å². The molecule has 0 spiro atoms. The number of nitrogens with zero attached hydrogens (tertiary/aromatic N) is 1. The monoisotopic (exact) mass is 409 g/mol. The fourth-order valence-electron chi connectivity index (χ4n) is 2.79. The highest BCUT2D eigenvalue weighted by Crippen LogP contribution is 2.28. The van der Waals surface area contributed by atoms with Crippen LogP contribution in [0.4, 0.5) is 10.5 Å². The fourth-order valence-corrected chi connectivity index (χ4v) is 4.78. The van der Waals surface area contributed by atoms with Crippen molar-refractivity contribution >= 4 is 27.5 Å². The summed E-state index contributed by atoms with van der Waals surface area (Å²) in [7, 11) is -2.42. The molecule has 1 aromatic carbocycles. The third kappa shape index (κ3) is 5.11. The summed E-state index contributed by atoms with van der Waals surface area (Å²) in [6.07, 6.45) is 0.433. The van der Waals surface area contributed by atoms with Crippen LogP contribution in [0.25, 0.3) is 0 Å². The van der Waals surface area contributed by atoms with Crippen LogP contribution >= 0.6 is 0 Å². The number of hydrogen-bond acceptors (Lipinski definition) is 6. The van der Waals surface area contributed by atoms with Gasteiger partial charge in [0.2, 0.25) is 5.91 Å². The van der Waals surface area contributed by atoms with E-state index in [1.807, 2.05) is 0 Å². The van der Waals surface area contributed by atoms with Gasteiger partial charge in [0, 0.05) is 31.7 Å². The Kier molecular flexibility index (Phi) is 6.51. The van der Waals surface area contributed by atoms with Crippen molar-refractivity contribution in [2.75, 3.05) is 25.5 Å². The molecule has 1 fully saturated rings. The van der Waals surface area contributed by atoms with Crippen molar-refractivity contribution in [3.05, 3.63) is 36.9 Å². The van der Waals surface area contributed by atoms with Gasteiger partial charge in [0.25, 0.3) is 0 Å². The minimum Gasteiger partial charge on any atom is -0.444 e. The number of sulfone groups is 1. The van der Waals surface area contributed by atoms with E-state index >= 15 is 0 Å². The van der Waals surface area contributed by atoms with Crippen LogP contribution in [-0.2, 0) is 19.4 Å².